The van der Waals surface area contributed by atoms with Crippen molar-refractivity contribution in [3.8, 4) is 11.5 Å². The highest BCUT2D eigenvalue weighted by Gasteiger charge is 2.14. The summed E-state index contributed by atoms with van der Waals surface area (Å²) in [6.07, 6.45) is 0. The third-order valence-electron chi connectivity index (χ3n) is 2.90. The Balaban J connectivity index is 2.44. The van der Waals surface area contributed by atoms with Crippen LogP contribution in [0.25, 0.3) is 0 Å². The molecule has 0 bridgehead atoms. The summed E-state index contributed by atoms with van der Waals surface area (Å²) in [5.41, 5.74) is 6.96. The minimum absolute atomic E-state index is 0.299. The van der Waals surface area contributed by atoms with Crippen LogP contribution in [0.15, 0.2) is 34.8 Å². The summed E-state index contributed by atoms with van der Waals surface area (Å²) in [6, 6.07) is 8.00. The normalized spacial score (nSPS) is 12.3. The molecule has 0 aliphatic rings. The Morgan fingerprint density at radius 1 is 1.25 bits per heavy atom. The van der Waals surface area contributed by atoms with Crippen molar-refractivity contribution in [3.05, 3.63) is 56.8 Å². The number of aryl methyl sites for hydroxylation is 1. The van der Waals surface area contributed by atoms with Crippen molar-refractivity contribution in [2.75, 3.05) is 0 Å². The maximum atomic E-state index is 13.6. The fourth-order valence-corrected chi connectivity index (χ4v) is 2.50. The highest BCUT2D eigenvalue weighted by molar-refractivity contribution is 9.10. The van der Waals surface area contributed by atoms with Crippen LogP contribution in [0.3, 0.4) is 0 Å². The van der Waals surface area contributed by atoms with Crippen LogP contribution >= 0.6 is 27.5 Å². The Bertz CT molecular complexity index is 646. The molecule has 0 amide bonds. The van der Waals surface area contributed by atoms with Crippen LogP contribution in [-0.2, 0) is 0 Å². The van der Waals surface area contributed by atoms with Crippen LogP contribution in [0.5, 0.6) is 11.5 Å². The topological polar surface area (TPSA) is 35.2 Å². The van der Waals surface area contributed by atoms with Gasteiger partial charge in [-0.2, -0.15) is 0 Å². The molecule has 0 aromatic heterocycles. The molecule has 0 saturated heterocycles. The first kappa shape index (κ1) is 15.3. The molecule has 2 N–H and O–H groups in total. The molecule has 0 saturated carbocycles. The van der Waals surface area contributed by atoms with Gasteiger partial charge in [0.25, 0.3) is 0 Å². The Hall–Kier alpha value is -1.10. The summed E-state index contributed by atoms with van der Waals surface area (Å²) in [5.74, 6) is 0.720. The third-order valence-corrected chi connectivity index (χ3v) is 3.68. The van der Waals surface area contributed by atoms with Crippen molar-refractivity contribution in [2.45, 2.75) is 19.9 Å². The van der Waals surface area contributed by atoms with Crippen molar-refractivity contribution in [3.63, 3.8) is 0 Å². The first-order chi connectivity index (χ1) is 9.38. The number of hydrogen-bond donors (Lipinski definition) is 1. The van der Waals surface area contributed by atoms with Crippen molar-refractivity contribution >= 4 is 27.5 Å². The molecule has 0 fully saturated rings. The fourth-order valence-electron chi connectivity index (χ4n) is 1.79. The van der Waals surface area contributed by atoms with E-state index in [-0.39, 0.29) is 11.9 Å². The van der Waals surface area contributed by atoms with Gasteiger partial charge >= 0.3 is 0 Å². The van der Waals surface area contributed by atoms with Gasteiger partial charge in [0, 0.05) is 16.1 Å². The van der Waals surface area contributed by atoms with Crippen LogP contribution in [0.2, 0.25) is 5.02 Å². The van der Waals surface area contributed by atoms with Gasteiger partial charge in [0.1, 0.15) is 17.3 Å². The lowest BCUT2D eigenvalue weighted by Gasteiger charge is -2.16. The molecule has 2 nitrogen and oxygen atoms in total. The summed E-state index contributed by atoms with van der Waals surface area (Å²) in [4.78, 5) is 0. The average molecular weight is 359 g/mol. The highest BCUT2D eigenvalue weighted by Crippen LogP contribution is 2.35. The predicted molar refractivity (Wildman–Crippen MR) is 83.0 cm³/mol. The number of benzene rings is 2. The van der Waals surface area contributed by atoms with E-state index in [4.69, 9.17) is 22.1 Å². The van der Waals surface area contributed by atoms with Gasteiger partial charge in [0.15, 0.2) is 0 Å². The molecular formula is C15H14BrClFNO. The molecule has 0 aliphatic carbocycles. The van der Waals surface area contributed by atoms with Gasteiger partial charge in [0.2, 0.25) is 0 Å². The molecule has 20 heavy (non-hydrogen) atoms. The Kier molecular flexibility index (Phi) is 4.68. The minimum atomic E-state index is -0.339. The molecule has 106 valence electrons. The monoisotopic (exact) mass is 357 g/mol. The van der Waals surface area contributed by atoms with Gasteiger partial charge in [-0.1, -0.05) is 27.5 Å². The van der Waals surface area contributed by atoms with E-state index in [2.05, 4.69) is 15.9 Å². The largest absolute Gasteiger partial charge is 0.455 e. The highest BCUT2D eigenvalue weighted by atomic mass is 79.9. The van der Waals surface area contributed by atoms with Gasteiger partial charge < -0.3 is 10.5 Å². The molecule has 2 aromatic rings. The summed E-state index contributed by atoms with van der Waals surface area (Å²) in [6.45, 7) is 3.45. The van der Waals surface area contributed by atoms with E-state index in [0.29, 0.717) is 27.6 Å². The summed E-state index contributed by atoms with van der Waals surface area (Å²) >= 11 is 9.45. The number of rotatable bonds is 3. The molecule has 0 aliphatic heterocycles. The van der Waals surface area contributed by atoms with Crippen molar-refractivity contribution in [1.82, 2.24) is 0 Å². The number of halogens is 3. The molecule has 0 heterocycles. The van der Waals surface area contributed by atoms with E-state index < -0.39 is 0 Å². The van der Waals surface area contributed by atoms with Crippen molar-refractivity contribution in [2.24, 2.45) is 5.73 Å². The smallest absolute Gasteiger partial charge is 0.146 e. The fraction of sp³-hybridized carbons (Fsp3) is 0.200. The Morgan fingerprint density at radius 2 is 1.95 bits per heavy atom. The molecule has 0 unspecified atom stereocenters. The molecule has 2 aromatic carbocycles. The second-order valence-electron chi connectivity index (χ2n) is 4.60. The van der Waals surface area contributed by atoms with E-state index in [1.54, 1.807) is 32.0 Å². The minimum Gasteiger partial charge on any atom is -0.455 e. The van der Waals surface area contributed by atoms with Gasteiger partial charge in [-0.3, -0.25) is 0 Å². The first-order valence-corrected chi connectivity index (χ1v) is 7.24. The number of ether oxygens (including phenoxy) is 1. The molecule has 1 atom stereocenters. The second kappa shape index (κ2) is 6.12. The zero-order chi connectivity index (χ0) is 14.9. The second-order valence-corrected chi connectivity index (χ2v) is 5.93. The lowest BCUT2D eigenvalue weighted by Crippen LogP contribution is -2.08. The standard InChI is InChI=1S/C15H14BrClFNO/c1-8-5-15(11(9(2)19)7-13(8)18)20-14-4-3-10(16)6-12(14)17/h3-7,9H,19H2,1-2H3/t9-/m1/s1. The molecule has 2 rings (SSSR count). The average Bonchev–Trinajstić information content (AvgIpc) is 2.36. The SMILES string of the molecule is Cc1cc(Oc2ccc(Br)cc2Cl)c([C@@H](C)N)cc1F. The van der Waals surface area contributed by atoms with Crippen LogP contribution in [0.4, 0.5) is 4.39 Å². The first-order valence-electron chi connectivity index (χ1n) is 6.07. The van der Waals surface area contributed by atoms with E-state index in [0.717, 1.165) is 4.47 Å². The summed E-state index contributed by atoms with van der Waals surface area (Å²) in [7, 11) is 0. The van der Waals surface area contributed by atoms with Crippen molar-refractivity contribution < 1.29 is 9.13 Å². The van der Waals surface area contributed by atoms with E-state index in [1.165, 1.54) is 6.07 Å². The summed E-state index contributed by atoms with van der Waals surface area (Å²) < 4.78 is 20.3. The van der Waals surface area contributed by atoms with Crippen molar-refractivity contribution in [1.29, 1.82) is 0 Å². The van der Waals surface area contributed by atoms with Gasteiger partial charge in [-0.15, -0.1) is 0 Å². The lowest BCUT2D eigenvalue weighted by molar-refractivity contribution is 0.468. The molecule has 5 heteroatoms. The Morgan fingerprint density at radius 3 is 2.55 bits per heavy atom. The molecule has 0 radical (unpaired) electrons. The zero-order valence-electron chi connectivity index (χ0n) is 11.1. The van der Waals surface area contributed by atoms with Gasteiger partial charge in [-0.25, -0.2) is 4.39 Å². The van der Waals surface area contributed by atoms with Crippen LogP contribution in [0, 0.1) is 12.7 Å². The van der Waals surface area contributed by atoms with Gasteiger partial charge in [0.05, 0.1) is 5.02 Å². The number of nitrogens with two attached hydrogens (primary N) is 1. The number of hydrogen-bond acceptors (Lipinski definition) is 2. The van der Waals surface area contributed by atoms with Crippen LogP contribution in [-0.4, -0.2) is 0 Å². The zero-order valence-corrected chi connectivity index (χ0v) is 13.4. The predicted octanol–water partition coefficient (Wildman–Crippen LogP) is 5.36. The quantitative estimate of drug-likeness (QED) is 0.801. The van der Waals surface area contributed by atoms with Crippen LogP contribution in [0.1, 0.15) is 24.1 Å². The van der Waals surface area contributed by atoms with Gasteiger partial charge in [-0.05, 0) is 49.7 Å². The lowest BCUT2D eigenvalue weighted by atomic mass is 10.1. The van der Waals surface area contributed by atoms with E-state index in [9.17, 15) is 4.39 Å². The maximum Gasteiger partial charge on any atom is 0.146 e. The third kappa shape index (κ3) is 3.32. The molecule has 0 spiro atoms. The summed E-state index contributed by atoms with van der Waals surface area (Å²) in [5, 5.41) is 0.469. The van der Waals surface area contributed by atoms with Crippen LogP contribution < -0.4 is 10.5 Å². The maximum absolute atomic E-state index is 13.6. The Labute approximate surface area is 130 Å². The molecular weight excluding hydrogens is 345 g/mol. The van der Waals surface area contributed by atoms with E-state index >= 15 is 0 Å². The van der Waals surface area contributed by atoms with E-state index in [1.807, 2.05) is 6.07 Å².